The second-order valence-electron chi connectivity index (χ2n) is 7.13. The topological polar surface area (TPSA) is 12.0 Å². The summed E-state index contributed by atoms with van der Waals surface area (Å²) in [5, 5.41) is 3.55. The van der Waals surface area contributed by atoms with E-state index in [1.807, 2.05) is 12.1 Å². The maximum Gasteiger partial charge on any atom is 0.126 e. The highest BCUT2D eigenvalue weighted by atomic mass is 19.1. The molecule has 106 valence electrons. The fourth-order valence-corrected chi connectivity index (χ4v) is 3.13. The van der Waals surface area contributed by atoms with Crippen LogP contribution in [0.15, 0.2) is 18.2 Å². The molecule has 2 heteroatoms. The summed E-state index contributed by atoms with van der Waals surface area (Å²) >= 11 is 0. The third-order valence-corrected chi connectivity index (χ3v) is 5.64. The fraction of sp³-hybridized carbons (Fsp3) is 0.647. The smallest absolute Gasteiger partial charge is 0.126 e. The zero-order valence-electron chi connectivity index (χ0n) is 13.0. The van der Waals surface area contributed by atoms with Gasteiger partial charge in [-0.2, -0.15) is 0 Å². The predicted octanol–water partition coefficient (Wildman–Crippen LogP) is 4.47. The van der Waals surface area contributed by atoms with Gasteiger partial charge in [0.2, 0.25) is 0 Å². The monoisotopic (exact) mass is 263 g/mol. The van der Waals surface area contributed by atoms with Crippen LogP contribution in [0.5, 0.6) is 0 Å². The Morgan fingerprint density at radius 1 is 1.21 bits per heavy atom. The Hall–Kier alpha value is -0.890. The van der Waals surface area contributed by atoms with Crippen molar-refractivity contribution in [3.63, 3.8) is 0 Å². The van der Waals surface area contributed by atoms with Gasteiger partial charge in [-0.3, -0.25) is 0 Å². The van der Waals surface area contributed by atoms with E-state index in [-0.39, 0.29) is 11.9 Å². The Labute approximate surface area is 116 Å². The highest BCUT2D eigenvalue weighted by Crippen LogP contribution is 2.68. The van der Waals surface area contributed by atoms with Gasteiger partial charge in [0.25, 0.3) is 0 Å². The zero-order valence-corrected chi connectivity index (χ0v) is 13.0. The molecule has 2 rings (SSSR count). The van der Waals surface area contributed by atoms with E-state index in [1.54, 1.807) is 13.0 Å². The van der Waals surface area contributed by atoms with Crippen LogP contribution in [0.25, 0.3) is 0 Å². The Morgan fingerprint density at radius 2 is 1.79 bits per heavy atom. The lowest BCUT2D eigenvalue weighted by Crippen LogP contribution is -2.23. The molecule has 1 atom stereocenters. The molecule has 0 saturated heterocycles. The molecule has 19 heavy (non-hydrogen) atoms. The molecule has 0 radical (unpaired) electrons. The lowest BCUT2D eigenvalue weighted by atomic mass is 10.0. The van der Waals surface area contributed by atoms with Crippen LogP contribution < -0.4 is 5.32 Å². The van der Waals surface area contributed by atoms with Gasteiger partial charge in [0, 0.05) is 6.04 Å². The molecule has 1 unspecified atom stereocenters. The molecule has 1 nitrogen and oxygen atoms in total. The van der Waals surface area contributed by atoms with Crippen LogP contribution in [0.1, 0.15) is 51.8 Å². The maximum absolute atomic E-state index is 13.6. The summed E-state index contributed by atoms with van der Waals surface area (Å²) in [5.74, 6) is 0.580. The number of hydrogen-bond donors (Lipinski definition) is 1. The van der Waals surface area contributed by atoms with Crippen LogP contribution in [-0.4, -0.2) is 6.54 Å². The SMILES string of the molecule is Cc1ccc(C(C)NCC2C(C)(C)C2(C)C)cc1F. The fourth-order valence-electron chi connectivity index (χ4n) is 3.13. The van der Waals surface area contributed by atoms with Crippen LogP contribution in [0.2, 0.25) is 0 Å². The first-order chi connectivity index (χ1) is 8.68. The highest BCUT2D eigenvalue weighted by Gasteiger charge is 2.63. The number of benzene rings is 1. The van der Waals surface area contributed by atoms with Crippen molar-refractivity contribution < 1.29 is 4.39 Å². The number of halogens is 1. The molecule has 0 aliphatic heterocycles. The van der Waals surface area contributed by atoms with Crippen molar-refractivity contribution in [1.29, 1.82) is 0 Å². The third-order valence-electron chi connectivity index (χ3n) is 5.64. The summed E-state index contributed by atoms with van der Waals surface area (Å²) in [6.45, 7) is 14.2. The summed E-state index contributed by atoms with van der Waals surface area (Å²) in [6.07, 6.45) is 0. The van der Waals surface area contributed by atoms with Crippen LogP contribution in [0.4, 0.5) is 4.39 Å². The molecule has 1 aliphatic carbocycles. The molecular formula is C17H26FN. The first-order valence-electron chi connectivity index (χ1n) is 7.17. The van der Waals surface area contributed by atoms with Crippen molar-refractivity contribution in [2.45, 2.75) is 47.6 Å². The van der Waals surface area contributed by atoms with E-state index in [9.17, 15) is 4.39 Å². The zero-order chi connectivity index (χ0) is 14.4. The largest absolute Gasteiger partial charge is 0.310 e. The van der Waals surface area contributed by atoms with Gasteiger partial charge >= 0.3 is 0 Å². The quantitative estimate of drug-likeness (QED) is 0.845. The van der Waals surface area contributed by atoms with E-state index >= 15 is 0 Å². The van der Waals surface area contributed by atoms with E-state index in [2.05, 4.69) is 39.9 Å². The van der Waals surface area contributed by atoms with Crippen molar-refractivity contribution in [3.8, 4) is 0 Å². The van der Waals surface area contributed by atoms with E-state index in [0.717, 1.165) is 12.1 Å². The minimum Gasteiger partial charge on any atom is -0.310 e. The number of nitrogens with one attached hydrogen (secondary N) is 1. The lowest BCUT2D eigenvalue weighted by Gasteiger charge is -2.15. The van der Waals surface area contributed by atoms with Crippen molar-refractivity contribution >= 4 is 0 Å². The van der Waals surface area contributed by atoms with Gasteiger partial charge in [-0.15, -0.1) is 0 Å². The molecule has 0 amide bonds. The average molecular weight is 263 g/mol. The van der Waals surface area contributed by atoms with Crippen molar-refractivity contribution in [3.05, 3.63) is 35.1 Å². The van der Waals surface area contributed by atoms with E-state index in [1.165, 1.54) is 0 Å². The molecule has 0 heterocycles. The minimum atomic E-state index is -0.113. The molecule has 1 saturated carbocycles. The normalized spacial score (nSPS) is 22.3. The Bertz CT molecular complexity index is 462. The van der Waals surface area contributed by atoms with Crippen molar-refractivity contribution in [2.24, 2.45) is 16.7 Å². The third kappa shape index (κ3) is 2.43. The summed E-state index contributed by atoms with van der Waals surface area (Å²) < 4.78 is 13.6. The number of rotatable bonds is 4. The van der Waals surface area contributed by atoms with E-state index in [0.29, 0.717) is 22.3 Å². The van der Waals surface area contributed by atoms with Gasteiger partial charge in [-0.05, 0) is 54.3 Å². The van der Waals surface area contributed by atoms with E-state index in [4.69, 9.17) is 0 Å². The van der Waals surface area contributed by atoms with Crippen LogP contribution >= 0.6 is 0 Å². The minimum absolute atomic E-state index is 0.113. The molecule has 1 aromatic rings. The van der Waals surface area contributed by atoms with Crippen LogP contribution in [-0.2, 0) is 0 Å². The number of aryl methyl sites for hydroxylation is 1. The van der Waals surface area contributed by atoms with Crippen LogP contribution in [0.3, 0.4) is 0 Å². The Morgan fingerprint density at radius 3 is 2.26 bits per heavy atom. The lowest BCUT2D eigenvalue weighted by molar-refractivity contribution is 0.457. The molecule has 0 aromatic heterocycles. The molecule has 0 bridgehead atoms. The Balaban J connectivity index is 1.96. The highest BCUT2D eigenvalue weighted by molar-refractivity contribution is 5.25. The summed E-state index contributed by atoms with van der Waals surface area (Å²) in [6, 6.07) is 5.71. The van der Waals surface area contributed by atoms with Crippen molar-refractivity contribution in [2.75, 3.05) is 6.54 Å². The van der Waals surface area contributed by atoms with Crippen LogP contribution in [0, 0.1) is 29.5 Å². The van der Waals surface area contributed by atoms with Gasteiger partial charge < -0.3 is 5.32 Å². The summed E-state index contributed by atoms with van der Waals surface area (Å²) in [4.78, 5) is 0. The first kappa shape index (κ1) is 14.5. The van der Waals surface area contributed by atoms with Gasteiger partial charge in [-0.1, -0.05) is 39.8 Å². The van der Waals surface area contributed by atoms with Crippen molar-refractivity contribution in [1.82, 2.24) is 5.32 Å². The summed E-state index contributed by atoms with van der Waals surface area (Å²) in [5.41, 5.74) is 2.54. The standard InChI is InChI=1S/C17H26FN/c1-11-7-8-13(9-14(11)18)12(2)19-10-15-16(3,4)17(15,5)6/h7-9,12,15,19H,10H2,1-6H3. The molecule has 1 fully saturated rings. The Kier molecular flexibility index (Phi) is 3.51. The molecule has 1 aromatic carbocycles. The molecule has 0 spiro atoms. The number of hydrogen-bond acceptors (Lipinski definition) is 1. The van der Waals surface area contributed by atoms with Gasteiger partial charge in [0.15, 0.2) is 0 Å². The van der Waals surface area contributed by atoms with E-state index < -0.39 is 0 Å². The predicted molar refractivity (Wildman–Crippen MR) is 78.6 cm³/mol. The second-order valence-corrected chi connectivity index (χ2v) is 7.13. The average Bonchev–Trinajstić information content (AvgIpc) is 2.70. The maximum atomic E-state index is 13.6. The van der Waals surface area contributed by atoms with Gasteiger partial charge in [0.05, 0.1) is 0 Å². The first-order valence-corrected chi connectivity index (χ1v) is 7.17. The van der Waals surface area contributed by atoms with Gasteiger partial charge in [-0.25, -0.2) is 4.39 Å². The molecule has 1 aliphatic rings. The van der Waals surface area contributed by atoms with Gasteiger partial charge in [0.1, 0.15) is 5.82 Å². The molecular weight excluding hydrogens is 237 g/mol. The molecule has 1 N–H and O–H groups in total. The summed E-state index contributed by atoms with van der Waals surface area (Å²) in [7, 11) is 0. The second kappa shape index (κ2) is 4.59.